The first-order valence-electron chi connectivity index (χ1n) is 5.14. The Hall–Kier alpha value is -0.890. The number of rotatable bonds is 6. The van der Waals surface area contributed by atoms with Crippen LogP contribution in [-0.4, -0.2) is 19.1 Å². The number of benzene rings is 1. The number of methoxy groups -OCH3 is 1. The predicted molar refractivity (Wildman–Crippen MR) is 63.0 cm³/mol. The summed E-state index contributed by atoms with van der Waals surface area (Å²) in [7, 11) is 1.64. The molecule has 0 aliphatic carbocycles. The van der Waals surface area contributed by atoms with Crippen molar-refractivity contribution in [2.24, 2.45) is 0 Å². The highest BCUT2D eigenvalue weighted by Gasteiger charge is 2.02. The summed E-state index contributed by atoms with van der Waals surface area (Å²) >= 11 is 5.84. The van der Waals surface area contributed by atoms with Gasteiger partial charge in [0.2, 0.25) is 0 Å². The molecule has 84 valence electrons. The Bertz CT molecular complexity index is 287. The topological polar surface area (TPSA) is 18.5 Å². The van der Waals surface area contributed by atoms with Crippen molar-refractivity contribution in [3.63, 3.8) is 0 Å². The number of para-hydroxylation sites is 2. The summed E-state index contributed by atoms with van der Waals surface area (Å²) in [6.07, 6.45) is 1.93. The van der Waals surface area contributed by atoms with Crippen molar-refractivity contribution in [3.05, 3.63) is 24.3 Å². The Morgan fingerprint density at radius 3 is 2.53 bits per heavy atom. The summed E-state index contributed by atoms with van der Waals surface area (Å²) in [4.78, 5) is 0. The normalized spacial score (nSPS) is 12.2. The third-order valence-electron chi connectivity index (χ3n) is 2.07. The van der Waals surface area contributed by atoms with Crippen molar-refractivity contribution in [1.82, 2.24) is 0 Å². The van der Waals surface area contributed by atoms with E-state index in [1.54, 1.807) is 7.11 Å². The zero-order valence-corrected chi connectivity index (χ0v) is 9.96. The molecule has 0 radical (unpaired) electrons. The van der Waals surface area contributed by atoms with Crippen molar-refractivity contribution in [3.8, 4) is 11.5 Å². The number of halogens is 1. The van der Waals surface area contributed by atoms with Crippen molar-refractivity contribution in [2.75, 3.05) is 13.7 Å². The van der Waals surface area contributed by atoms with Gasteiger partial charge in [0.25, 0.3) is 0 Å². The molecule has 0 saturated heterocycles. The third-order valence-corrected chi connectivity index (χ3v) is 2.29. The molecule has 0 spiro atoms. The standard InChI is InChI=1S/C12H17ClO2/c1-10(13)6-5-9-15-12-8-4-3-7-11(12)14-2/h3-4,7-8,10H,5-6,9H2,1-2H3. The summed E-state index contributed by atoms with van der Waals surface area (Å²) in [5, 5.41) is 0.214. The molecule has 0 heterocycles. The Kier molecular flexibility index (Phi) is 5.33. The molecule has 1 unspecified atom stereocenters. The molecule has 0 saturated carbocycles. The van der Waals surface area contributed by atoms with Crippen molar-refractivity contribution in [1.29, 1.82) is 0 Å². The molecule has 2 nitrogen and oxygen atoms in total. The Morgan fingerprint density at radius 1 is 1.27 bits per heavy atom. The van der Waals surface area contributed by atoms with Crippen molar-refractivity contribution >= 4 is 11.6 Å². The quantitative estimate of drug-likeness (QED) is 0.548. The maximum atomic E-state index is 5.84. The summed E-state index contributed by atoms with van der Waals surface area (Å²) in [5.41, 5.74) is 0. The van der Waals surface area contributed by atoms with Crippen LogP contribution in [0.3, 0.4) is 0 Å². The fourth-order valence-corrected chi connectivity index (χ4v) is 1.44. The molecule has 0 aliphatic rings. The molecular formula is C12H17ClO2. The molecule has 0 amide bonds. The zero-order chi connectivity index (χ0) is 11.1. The van der Waals surface area contributed by atoms with E-state index >= 15 is 0 Å². The van der Waals surface area contributed by atoms with E-state index in [1.807, 2.05) is 31.2 Å². The second-order valence-electron chi connectivity index (χ2n) is 3.42. The first kappa shape index (κ1) is 12.2. The lowest BCUT2D eigenvalue weighted by atomic mass is 10.2. The first-order chi connectivity index (χ1) is 7.24. The zero-order valence-electron chi connectivity index (χ0n) is 9.20. The van der Waals surface area contributed by atoms with Crippen LogP contribution in [0.2, 0.25) is 0 Å². The average Bonchev–Trinajstić information content (AvgIpc) is 2.24. The smallest absolute Gasteiger partial charge is 0.161 e. The van der Waals surface area contributed by atoms with E-state index in [4.69, 9.17) is 21.1 Å². The van der Waals surface area contributed by atoms with Gasteiger partial charge in [0, 0.05) is 5.38 Å². The van der Waals surface area contributed by atoms with Gasteiger partial charge in [-0.15, -0.1) is 11.6 Å². The minimum atomic E-state index is 0.214. The van der Waals surface area contributed by atoms with Gasteiger partial charge in [-0.25, -0.2) is 0 Å². The van der Waals surface area contributed by atoms with Crippen molar-refractivity contribution < 1.29 is 9.47 Å². The van der Waals surface area contributed by atoms with Crippen molar-refractivity contribution in [2.45, 2.75) is 25.1 Å². The summed E-state index contributed by atoms with van der Waals surface area (Å²) in [5.74, 6) is 1.57. The van der Waals surface area contributed by atoms with Crippen LogP contribution in [0.25, 0.3) is 0 Å². The Labute approximate surface area is 96.2 Å². The molecule has 3 heteroatoms. The highest BCUT2D eigenvalue weighted by molar-refractivity contribution is 6.20. The van der Waals surface area contributed by atoms with E-state index in [9.17, 15) is 0 Å². The highest BCUT2D eigenvalue weighted by Crippen LogP contribution is 2.25. The van der Waals surface area contributed by atoms with Crippen LogP contribution >= 0.6 is 11.6 Å². The molecule has 0 aromatic heterocycles. The lowest BCUT2D eigenvalue weighted by Gasteiger charge is -2.10. The van der Waals surface area contributed by atoms with Crippen LogP contribution in [0.15, 0.2) is 24.3 Å². The van der Waals surface area contributed by atoms with Gasteiger partial charge in [-0.1, -0.05) is 12.1 Å². The number of hydrogen-bond acceptors (Lipinski definition) is 2. The van der Waals surface area contributed by atoms with Gasteiger partial charge >= 0.3 is 0 Å². The maximum Gasteiger partial charge on any atom is 0.161 e. The monoisotopic (exact) mass is 228 g/mol. The SMILES string of the molecule is COc1ccccc1OCCCC(C)Cl. The van der Waals surface area contributed by atoms with Crippen LogP contribution < -0.4 is 9.47 Å². The van der Waals surface area contributed by atoms with Gasteiger partial charge in [0.05, 0.1) is 13.7 Å². The second-order valence-corrected chi connectivity index (χ2v) is 4.17. The minimum Gasteiger partial charge on any atom is -0.493 e. The minimum absolute atomic E-state index is 0.214. The molecular weight excluding hydrogens is 212 g/mol. The Morgan fingerprint density at radius 2 is 1.93 bits per heavy atom. The van der Waals surface area contributed by atoms with Gasteiger partial charge in [0.1, 0.15) is 0 Å². The average molecular weight is 229 g/mol. The summed E-state index contributed by atoms with van der Waals surface area (Å²) in [6.45, 7) is 2.67. The molecule has 1 aromatic rings. The van der Waals surface area contributed by atoms with Gasteiger partial charge < -0.3 is 9.47 Å². The van der Waals surface area contributed by atoms with E-state index in [0.717, 1.165) is 24.3 Å². The van der Waals surface area contributed by atoms with E-state index in [2.05, 4.69) is 0 Å². The molecule has 1 aromatic carbocycles. The van der Waals surface area contributed by atoms with Gasteiger partial charge in [0.15, 0.2) is 11.5 Å². The molecule has 0 bridgehead atoms. The number of alkyl halides is 1. The lowest BCUT2D eigenvalue weighted by Crippen LogP contribution is -2.01. The fraction of sp³-hybridized carbons (Fsp3) is 0.500. The van der Waals surface area contributed by atoms with E-state index in [-0.39, 0.29) is 5.38 Å². The Balaban J connectivity index is 2.36. The third kappa shape index (κ3) is 4.43. The van der Waals surface area contributed by atoms with Crippen LogP contribution in [0.5, 0.6) is 11.5 Å². The summed E-state index contributed by atoms with van der Waals surface area (Å²) < 4.78 is 10.8. The number of ether oxygens (including phenoxy) is 2. The second kappa shape index (κ2) is 6.57. The van der Waals surface area contributed by atoms with Crippen LogP contribution in [-0.2, 0) is 0 Å². The van der Waals surface area contributed by atoms with Gasteiger partial charge in [-0.2, -0.15) is 0 Å². The lowest BCUT2D eigenvalue weighted by molar-refractivity contribution is 0.286. The van der Waals surface area contributed by atoms with Gasteiger partial charge in [-0.05, 0) is 31.9 Å². The predicted octanol–water partition coefficient (Wildman–Crippen LogP) is 3.48. The molecule has 0 N–H and O–H groups in total. The molecule has 15 heavy (non-hydrogen) atoms. The van der Waals surface area contributed by atoms with E-state index < -0.39 is 0 Å². The molecule has 1 atom stereocenters. The largest absolute Gasteiger partial charge is 0.493 e. The number of hydrogen-bond donors (Lipinski definition) is 0. The highest BCUT2D eigenvalue weighted by atomic mass is 35.5. The van der Waals surface area contributed by atoms with Gasteiger partial charge in [-0.3, -0.25) is 0 Å². The maximum absolute atomic E-state index is 5.84. The fourth-order valence-electron chi connectivity index (χ4n) is 1.28. The van der Waals surface area contributed by atoms with E-state index in [0.29, 0.717) is 6.61 Å². The molecule has 0 aliphatic heterocycles. The van der Waals surface area contributed by atoms with E-state index in [1.165, 1.54) is 0 Å². The van der Waals surface area contributed by atoms with Crippen LogP contribution in [0, 0.1) is 0 Å². The van der Waals surface area contributed by atoms with Crippen LogP contribution in [0.4, 0.5) is 0 Å². The molecule has 1 rings (SSSR count). The first-order valence-corrected chi connectivity index (χ1v) is 5.57. The molecule has 0 fully saturated rings. The van der Waals surface area contributed by atoms with Crippen LogP contribution in [0.1, 0.15) is 19.8 Å². The summed E-state index contributed by atoms with van der Waals surface area (Å²) in [6, 6.07) is 7.65.